The minimum atomic E-state index is -0.0978. The van der Waals surface area contributed by atoms with Gasteiger partial charge in [-0.3, -0.25) is 4.79 Å². The fraction of sp³-hybridized carbons (Fsp3) is 0.250. The molecule has 0 unspecified atom stereocenters. The van der Waals surface area contributed by atoms with Gasteiger partial charge in [-0.05, 0) is 54.3 Å². The van der Waals surface area contributed by atoms with Crippen molar-refractivity contribution in [3.63, 3.8) is 0 Å². The van der Waals surface area contributed by atoms with Crippen LogP contribution in [0.25, 0.3) is 0 Å². The number of benzene rings is 1. The molecular weight excluding hydrogens is 344 g/mol. The highest BCUT2D eigenvalue weighted by Gasteiger charge is 2.07. The first-order valence-electron chi connectivity index (χ1n) is 6.97. The van der Waals surface area contributed by atoms with Crippen LogP contribution in [-0.2, 0) is 0 Å². The highest BCUT2D eigenvalue weighted by Crippen LogP contribution is 2.24. The molecule has 22 heavy (non-hydrogen) atoms. The van der Waals surface area contributed by atoms with Crippen molar-refractivity contribution in [1.29, 1.82) is 0 Å². The molecule has 1 aromatic carbocycles. The molecule has 2 N–H and O–H groups in total. The van der Waals surface area contributed by atoms with Gasteiger partial charge < -0.3 is 15.5 Å². The molecule has 0 bridgehead atoms. The average molecular weight is 363 g/mol. The van der Waals surface area contributed by atoms with E-state index >= 15 is 0 Å². The quantitative estimate of drug-likeness (QED) is 0.829. The first-order valence-corrected chi connectivity index (χ1v) is 7.76. The number of hydrogen-bond acceptors (Lipinski definition) is 4. The molecule has 0 spiro atoms. The Morgan fingerprint density at radius 3 is 2.77 bits per heavy atom. The number of nitrogens with zero attached hydrogens (tertiary/aromatic N) is 2. The highest BCUT2D eigenvalue weighted by atomic mass is 79.9. The lowest BCUT2D eigenvalue weighted by Crippen LogP contribution is -2.31. The summed E-state index contributed by atoms with van der Waals surface area (Å²) >= 11 is 3.47. The highest BCUT2D eigenvalue weighted by molar-refractivity contribution is 9.10. The molecule has 0 saturated heterocycles. The zero-order valence-corrected chi connectivity index (χ0v) is 14.2. The Balaban J connectivity index is 2.03. The molecule has 5 nitrogen and oxygen atoms in total. The number of nitrogens with one attached hydrogen (secondary N) is 2. The third-order valence-corrected chi connectivity index (χ3v) is 3.69. The number of para-hydroxylation sites is 1. The summed E-state index contributed by atoms with van der Waals surface area (Å²) in [6.45, 7) is 1.42. The normalized spacial score (nSPS) is 10.5. The summed E-state index contributed by atoms with van der Waals surface area (Å²) < 4.78 is 0.942. The molecule has 2 rings (SSSR count). The summed E-state index contributed by atoms with van der Waals surface area (Å²) in [6, 6.07) is 11.2. The summed E-state index contributed by atoms with van der Waals surface area (Å²) in [7, 11) is 3.94. The van der Waals surface area contributed by atoms with E-state index in [1.165, 1.54) is 0 Å². The summed E-state index contributed by atoms with van der Waals surface area (Å²) in [4.78, 5) is 18.4. The van der Waals surface area contributed by atoms with Crippen molar-refractivity contribution in [2.24, 2.45) is 0 Å². The minimum absolute atomic E-state index is 0.0978. The number of halogens is 1. The molecule has 0 radical (unpaired) electrons. The Labute approximate surface area is 138 Å². The molecule has 0 aliphatic rings. The summed E-state index contributed by atoms with van der Waals surface area (Å²) in [6.07, 6.45) is 1.63. The number of aromatic nitrogens is 1. The van der Waals surface area contributed by atoms with Gasteiger partial charge in [0.1, 0.15) is 5.82 Å². The third kappa shape index (κ3) is 4.82. The topological polar surface area (TPSA) is 57.3 Å². The van der Waals surface area contributed by atoms with Crippen LogP contribution in [0.1, 0.15) is 10.4 Å². The largest absolute Gasteiger partial charge is 0.351 e. The lowest BCUT2D eigenvalue weighted by Gasteiger charge is -2.11. The van der Waals surface area contributed by atoms with Gasteiger partial charge in [-0.2, -0.15) is 0 Å². The number of amides is 1. The Kier molecular flexibility index (Phi) is 5.91. The van der Waals surface area contributed by atoms with E-state index < -0.39 is 0 Å². The van der Waals surface area contributed by atoms with E-state index in [0.717, 1.165) is 16.7 Å². The van der Waals surface area contributed by atoms with Crippen LogP contribution in [0.5, 0.6) is 0 Å². The SMILES string of the molecule is CN(C)CCNC(=O)c1ccnc(Nc2ccccc2Br)c1. The predicted molar refractivity (Wildman–Crippen MR) is 92.5 cm³/mol. The first kappa shape index (κ1) is 16.5. The molecule has 116 valence electrons. The van der Waals surface area contributed by atoms with E-state index in [9.17, 15) is 4.79 Å². The fourth-order valence-corrected chi connectivity index (χ4v) is 2.22. The van der Waals surface area contributed by atoms with Gasteiger partial charge in [0.2, 0.25) is 0 Å². The standard InChI is InChI=1S/C16H19BrN4O/c1-21(2)10-9-19-16(22)12-7-8-18-15(11-12)20-14-6-4-3-5-13(14)17/h3-8,11H,9-10H2,1-2H3,(H,18,20)(H,19,22). The van der Waals surface area contributed by atoms with Gasteiger partial charge in [0, 0.05) is 29.3 Å². The maximum atomic E-state index is 12.1. The molecule has 2 aromatic rings. The van der Waals surface area contributed by atoms with Crippen LogP contribution in [0.15, 0.2) is 47.1 Å². The predicted octanol–water partition coefficient (Wildman–Crippen LogP) is 2.88. The Morgan fingerprint density at radius 1 is 1.27 bits per heavy atom. The second-order valence-electron chi connectivity index (χ2n) is 5.09. The molecule has 0 atom stereocenters. The average Bonchev–Trinajstić information content (AvgIpc) is 2.49. The summed E-state index contributed by atoms with van der Waals surface area (Å²) in [5.41, 5.74) is 1.49. The van der Waals surface area contributed by atoms with Gasteiger partial charge in [-0.1, -0.05) is 12.1 Å². The Hall–Kier alpha value is -1.92. The van der Waals surface area contributed by atoms with E-state index in [1.54, 1.807) is 18.3 Å². The summed E-state index contributed by atoms with van der Waals surface area (Å²) in [5, 5.41) is 6.08. The third-order valence-electron chi connectivity index (χ3n) is 3.00. The van der Waals surface area contributed by atoms with Crippen molar-refractivity contribution in [3.05, 3.63) is 52.6 Å². The van der Waals surface area contributed by atoms with E-state index in [-0.39, 0.29) is 5.91 Å². The number of carbonyl (C=O) groups excluding carboxylic acids is 1. The zero-order chi connectivity index (χ0) is 15.9. The van der Waals surface area contributed by atoms with Gasteiger partial charge in [0.25, 0.3) is 5.91 Å². The molecule has 0 saturated carbocycles. The lowest BCUT2D eigenvalue weighted by molar-refractivity contribution is 0.0951. The second-order valence-corrected chi connectivity index (χ2v) is 5.95. The molecule has 0 aliphatic carbocycles. The van der Waals surface area contributed by atoms with E-state index in [2.05, 4.69) is 31.5 Å². The monoisotopic (exact) mass is 362 g/mol. The van der Waals surface area contributed by atoms with Gasteiger partial charge >= 0.3 is 0 Å². The number of anilines is 2. The van der Waals surface area contributed by atoms with Crippen LogP contribution in [0.2, 0.25) is 0 Å². The number of likely N-dealkylation sites (N-methyl/N-ethyl adjacent to an activating group) is 1. The molecule has 0 aliphatic heterocycles. The van der Waals surface area contributed by atoms with E-state index in [0.29, 0.717) is 17.9 Å². The van der Waals surface area contributed by atoms with Gasteiger partial charge in [-0.15, -0.1) is 0 Å². The van der Waals surface area contributed by atoms with Crippen molar-refractivity contribution >= 4 is 33.3 Å². The fourth-order valence-electron chi connectivity index (χ4n) is 1.84. The Bertz CT molecular complexity index is 646. The van der Waals surface area contributed by atoms with Gasteiger partial charge in [0.05, 0.1) is 5.69 Å². The van der Waals surface area contributed by atoms with Crippen LogP contribution in [0.3, 0.4) is 0 Å². The second kappa shape index (κ2) is 7.91. The smallest absolute Gasteiger partial charge is 0.251 e. The maximum absolute atomic E-state index is 12.1. The first-order chi connectivity index (χ1) is 10.6. The maximum Gasteiger partial charge on any atom is 0.251 e. The minimum Gasteiger partial charge on any atom is -0.351 e. The molecule has 0 fully saturated rings. The van der Waals surface area contributed by atoms with Crippen LogP contribution >= 0.6 is 15.9 Å². The van der Waals surface area contributed by atoms with Crippen LogP contribution in [-0.4, -0.2) is 43.0 Å². The van der Waals surface area contributed by atoms with Crippen molar-refractivity contribution < 1.29 is 4.79 Å². The Morgan fingerprint density at radius 2 is 2.05 bits per heavy atom. The van der Waals surface area contributed by atoms with E-state index in [1.807, 2.05) is 43.3 Å². The molecule has 1 heterocycles. The number of pyridine rings is 1. The van der Waals surface area contributed by atoms with Crippen LogP contribution in [0.4, 0.5) is 11.5 Å². The van der Waals surface area contributed by atoms with Crippen molar-refractivity contribution in [3.8, 4) is 0 Å². The van der Waals surface area contributed by atoms with Gasteiger partial charge in [-0.25, -0.2) is 4.98 Å². The number of rotatable bonds is 6. The summed E-state index contributed by atoms with van der Waals surface area (Å²) in [5.74, 6) is 0.534. The van der Waals surface area contributed by atoms with Crippen molar-refractivity contribution in [2.45, 2.75) is 0 Å². The molecule has 6 heteroatoms. The molecule has 1 aromatic heterocycles. The van der Waals surface area contributed by atoms with Gasteiger partial charge in [0.15, 0.2) is 0 Å². The zero-order valence-electron chi connectivity index (χ0n) is 12.6. The van der Waals surface area contributed by atoms with Crippen molar-refractivity contribution in [1.82, 2.24) is 15.2 Å². The molecular formula is C16H19BrN4O. The molecule has 1 amide bonds. The van der Waals surface area contributed by atoms with Crippen molar-refractivity contribution in [2.75, 3.05) is 32.5 Å². The van der Waals surface area contributed by atoms with E-state index in [4.69, 9.17) is 0 Å². The van der Waals surface area contributed by atoms with Crippen LogP contribution in [0, 0.1) is 0 Å². The van der Waals surface area contributed by atoms with Crippen LogP contribution < -0.4 is 10.6 Å². The number of hydrogen-bond donors (Lipinski definition) is 2. The number of carbonyl (C=O) groups is 1. The lowest BCUT2D eigenvalue weighted by atomic mass is 10.2.